The number of nitrogens with two attached hydrogens (primary N) is 1. The van der Waals surface area contributed by atoms with Crippen LogP contribution in [0.4, 0.5) is 0 Å². The number of aliphatic hydroxyl groups excluding tert-OH is 4. The Morgan fingerprint density at radius 2 is 1.81 bits per heavy atom. The van der Waals surface area contributed by atoms with E-state index < -0.39 is 58.9 Å². The summed E-state index contributed by atoms with van der Waals surface area (Å²) in [5.41, 5.74) is 2.69. The molecule has 0 amide bonds. The molecule has 0 aromatic heterocycles. The first-order valence-electron chi connectivity index (χ1n) is 13.9. The lowest BCUT2D eigenvalue weighted by molar-refractivity contribution is -0.201. The minimum atomic E-state index is -2.25. The standard InChI is InChI=1S/C27H42N2O8/c1-11(2)29-10-14-3-6-19(37-14)15-4-5-17(30)21-16(15)8-12-7-13-9-18(31)22(26(28)35)25(34)27(13,36)24(33)20(12)23(21)32/h11-17,19-21,24,26,29-30,33-36H,3-10,28H2,1-2H3/t12-,13+,14?,15?,16?,17?,19?,20?,21?,24?,26?,27+/m1/s1. The molecule has 5 rings (SSSR count). The monoisotopic (exact) mass is 522 g/mol. The number of rotatable bonds is 5. The Bertz CT molecular complexity index is 953. The second-order valence-electron chi connectivity index (χ2n) is 12.4. The van der Waals surface area contributed by atoms with E-state index in [0.717, 1.165) is 25.8 Å². The van der Waals surface area contributed by atoms with Gasteiger partial charge in [0.05, 0.1) is 29.8 Å². The largest absolute Gasteiger partial charge is 0.509 e. The van der Waals surface area contributed by atoms with Gasteiger partial charge in [0.1, 0.15) is 23.9 Å². The summed E-state index contributed by atoms with van der Waals surface area (Å²) in [7, 11) is 0. The molecule has 3 saturated carbocycles. The Kier molecular flexibility index (Phi) is 7.32. The van der Waals surface area contributed by atoms with Crippen molar-refractivity contribution < 1.29 is 39.9 Å². The SMILES string of the molecule is CC(C)NCC1CCC(C2CCC(O)C3C(=O)C4C(O)[C@]5(O)C(O)=C(C(N)O)C(=O)C[C@@H]5C[C@@H]4CC23)O1. The number of ether oxygens (including phenoxy) is 1. The number of carbonyl (C=O) groups is 2. The molecule has 1 heterocycles. The Morgan fingerprint density at radius 3 is 2.49 bits per heavy atom. The van der Waals surface area contributed by atoms with Crippen LogP contribution in [-0.2, 0) is 14.3 Å². The molecule has 208 valence electrons. The first-order valence-corrected chi connectivity index (χ1v) is 13.9. The maximum absolute atomic E-state index is 13.9. The van der Waals surface area contributed by atoms with Crippen LogP contribution in [0, 0.1) is 35.5 Å². The summed E-state index contributed by atoms with van der Waals surface area (Å²) in [4.78, 5) is 26.5. The molecule has 1 saturated heterocycles. The number of carbonyl (C=O) groups excluding carboxylic acids is 2. The van der Waals surface area contributed by atoms with E-state index in [9.17, 15) is 35.1 Å². The van der Waals surface area contributed by atoms with Crippen LogP contribution in [0.2, 0.25) is 0 Å². The molecule has 5 aliphatic rings. The van der Waals surface area contributed by atoms with Gasteiger partial charge in [-0.1, -0.05) is 13.8 Å². The predicted molar refractivity (Wildman–Crippen MR) is 132 cm³/mol. The van der Waals surface area contributed by atoms with Gasteiger partial charge in [-0.2, -0.15) is 0 Å². The third-order valence-electron chi connectivity index (χ3n) is 10.00. The molecule has 0 radical (unpaired) electrons. The normalized spacial score (nSPS) is 47.0. The van der Waals surface area contributed by atoms with Crippen LogP contribution in [0.1, 0.15) is 58.8 Å². The maximum Gasteiger partial charge on any atom is 0.166 e. The molecule has 4 fully saturated rings. The number of ketones is 2. The van der Waals surface area contributed by atoms with E-state index in [4.69, 9.17) is 10.5 Å². The Hall–Kier alpha value is -1.40. The molecule has 12 atom stereocenters. The van der Waals surface area contributed by atoms with E-state index in [1.165, 1.54) is 0 Å². The summed E-state index contributed by atoms with van der Waals surface area (Å²) in [5.74, 6) is -4.48. The molecular weight excluding hydrogens is 480 g/mol. The van der Waals surface area contributed by atoms with Crippen LogP contribution in [0.3, 0.4) is 0 Å². The number of Topliss-reactive ketones (excluding diaryl/α,β-unsaturated/α-hetero) is 2. The Morgan fingerprint density at radius 1 is 1.08 bits per heavy atom. The van der Waals surface area contributed by atoms with E-state index in [2.05, 4.69) is 19.2 Å². The van der Waals surface area contributed by atoms with Crippen molar-refractivity contribution in [2.45, 2.75) is 101 Å². The second kappa shape index (κ2) is 9.97. The highest BCUT2D eigenvalue weighted by Crippen LogP contribution is 2.57. The minimum absolute atomic E-state index is 0.00518. The maximum atomic E-state index is 13.9. The van der Waals surface area contributed by atoms with Crippen molar-refractivity contribution in [3.05, 3.63) is 11.3 Å². The van der Waals surface area contributed by atoms with Gasteiger partial charge in [-0.15, -0.1) is 0 Å². The summed E-state index contributed by atoms with van der Waals surface area (Å²) >= 11 is 0. The molecule has 0 aromatic carbocycles. The van der Waals surface area contributed by atoms with E-state index in [-0.39, 0.29) is 48.6 Å². The number of hydrogen-bond acceptors (Lipinski definition) is 10. The molecule has 0 aromatic rings. The zero-order valence-corrected chi connectivity index (χ0v) is 21.6. The minimum Gasteiger partial charge on any atom is -0.509 e. The molecule has 10 nitrogen and oxygen atoms in total. The van der Waals surface area contributed by atoms with Crippen LogP contribution in [-0.4, -0.2) is 85.9 Å². The first kappa shape index (κ1) is 27.2. The average molecular weight is 523 g/mol. The lowest BCUT2D eigenvalue weighted by Crippen LogP contribution is -2.67. The van der Waals surface area contributed by atoms with Crippen LogP contribution in [0.5, 0.6) is 0 Å². The third-order valence-corrected chi connectivity index (χ3v) is 10.00. The van der Waals surface area contributed by atoms with Gasteiger partial charge in [-0.3, -0.25) is 9.59 Å². The highest BCUT2D eigenvalue weighted by Gasteiger charge is 2.65. The summed E-state index contributed by atoms with van der Waals surface area (Å²) in [6, 6.07) is 0.367. The van der Waals surface area contributed by atoms with Crippen LogP contribution in [0.15, 0.2) is 11.3 Å². The van der Waals surface area contributed by atoms with Crippen LogP contribution in [0.25, 0.3) is 0 Å². The van der Waals surface area contributed by atoms with Crippen LogP contribution >= 0.6 is 0 Å². The lowest BCUT2D eigenvalue weighted by Gasteiger charge is -2.57. The smallest absolute Gasteiger partial charge is 0.166 e. The lowest BCUT2D eigenvalue weighted by atomic mass is 9.49. The van der Waals surface area contributed by atoms with E-state index in [0.29, 0.717) is 18.9 Å². The van der Waals surface area contributed by atoms with Gasteiger partial charge in [0.2, 0.25) is 0 Å². The van der Waals surface area contributed by atoms with Crippen LogP contribution < -0.4 is 11.1 Å². The molecule has 9 unspecified atom stereocenters. The number of fused-ring (bicyclic) bond motifs is 3. The van der Waals surface area contributed by atoms with Crippen molar-refractivity contribution >= 4 is 11.6 Å². The summed E-state index contributed by atoms with van der Waals surface area (Å²) in [5, 5.41) is 57.9. The van der Waals surface area contributed by atoms with Gasteiger partial charge in [-0.05, 0) is 56.3 Å². The van der Waals surface area contributed by atoms with Gasteiger partial charge in [0.15, 0.2) is 11.4 Å². The summed E-state index contributed by atoms with van der Waals surface area (Å²) in [6.07, 6.45) is -0.462. The number of hydrogen-bond donors (Lipinski definition) is 7. The summed E-state index contributed by atoms with van der Waals surface area (Å²) < 4.78 is 6.43. The van der Waals surface area contributed by atoms with Gasteiger partial charge >= 0.3 is 0 Å². The van der Waals surface area contributed by atoms with Crippen molar-refractivity contribution in [2.75, 3.05) is 6.54 Å². The van der Waals surface area contributed by atoms with Crippen molar-refractivity contribution in [3.8, 4) is 0 Å². The average Bonchev–Trinajstić information content (AvgIpc) is 3.28. The quantitative estimate of drug-likeness (QED) is 0.241. The van der Waals surface area contributed by atoms with E-state index in [1.807, 2.05) is 0 Å². The zero-order chi connectivity index (χ0) is 26.8. The predicted octanol–water partition coefficient (Wildman–Crippen LogP) is -0.0856. The molecule has 0 bridgehead atoms. The van der Waals surface area contributed by atoms with Crippen molar-refractivity contribution in [3.63, 3.8) is 0 Å². The fourth-order valence-corrected chi connectivity index (χ4v) is 8.28. The molecule has 37 heavy (non-hydrogen) atoms. The molecular formula is C27H42N2O8. The molecule has 8 N–H and O–H groups in total. The Balaban J connectivity index is 1.40. The Labute approximate surface area is 217 Å². The van der Waals surface area contributed by atoms with E-state index >= 15 is 0 Å². The zero-order valence-electron chi connectivity index (χ0n) is 21.6. The van der Waals surface area contributed by atoms with Crippen molar-refractivity contribution in [1.29, 1.82) is 0 Å². The molecule has 10 heteroatoms. The van der Waals surface area contributed by atoms with Gasteiger partial charge in [0.25, 0.3) is 0 Å². The molecule has 4 aliphatic carbocycles. The third kappa shape index (κ3) is 4.38. The number of nitrogens with one attached hydrogen (secondary N) is 1. The molecule has 1 aliphatic heterocycles. The van der Waals surface area contributed by atoms with Gasteiger partial charge in [-0.25, -0.2) is 0 Å². The van der Waals surface area contributed by atoms with E-state index in [1.54, 1.807) is 0 Å². The van der Waals surface area contributed by atoms with Gasteiger partial charge in [0, 0.05) is 30.8 Å². The highest BCUT2D eigenvalue weighted by molar-refractivity contribution is 5.98. The molecule has 0 spiro atoms. The fraction of sp³-hybridized carbons (Fsp3) is 0.852. The highest BCUT2D eigenvalue weighted by atomic mass is 16.5. The fourth-order valence-electron chi connectivity index (χ4n) is 8.28. The first-order chi connectivity index (χ1) is 17.4. The topological polar surface area (TPSA) is 183 Å². The van der Waals surface area contributed by atoms with Crippen molar-refractivity contribution in [2.24, 2.45) is 41.2 Å². The number of aliphatic hydroxyl groups is 5. The van der Waals surface area contributed by atoms with Crippen molar-refractivity contribution in [1.82, 2.24) is 5.32 Å². The summed E-state index contributed by atoms with van der Waals surface area (Å²) in [6.45, 7) is 4.97. The van der Waals surface area contributed by atoms with Gasteiger partial charge < -0.3 is 41.3 Å². The second-order valence-corrected chi connectivity index (χ2v) is 12.4.